The Kier molecular flexibility index (Phi) is 5.31. The topological polar surface area (TPSA) is 63.4 Å². The van der Waals surface area contributed by atoms with E-state index in [2.05, 4.69) is 15.1 Å². The Morgan fingerprint density at radius 2 is 1.88 bits per heavy atom. The summed E-state index contributed by atoms with van der Waals surface area (Å²) in [5, 5.41) is 4.28. The number of alkyl halides is 4. The van der Waals surface area contributed by atoms with Crippen molar-refractivity contribution in [1.29, 1.82) is 0 Å². The zero-order valence-electron chi connectivity index (χ0n) is 17.1. The van der Waals surface area contributed by atoms with Crippen LogP contribution in [0.15, 0.2) is 36.7 Å². The van der Waals surface area contributed by atoms with E-state index in [0.717, 1.165) is 11.6 Å². The fraction of sp³-hybridized carbons (Fsp3) is 0.455. The lowest BCUT2D eigenvalue weighted by Crippen LogP contribution is -2.30. The molecule has 5 rings (SSSR count). The number of rotatable bonds is 4. The number of nitrogens with zero attached hydrogens (tertiary/aromatic N) is 5. The van der Waals surface area contributed by atoms with E-state index in [1.165, 1.54) is 10.6 Å². The molecule has 10 heteroatoms. The summed E-state index contributed by atoms with van der Waals surface area (Å²) in [7, 11) is 0. The monoisotopic (exact) mass is 463 g/mol. The third-order valence-corrected chi connectivity index (χ3v) is 6.75. The molecule has 168 valence electrons. The van der Waals surface area contributed by atoms with Gasteiger partial charge in [0.1, 0.15) is 0 Å². The van der Waals surface area contributed by atoms with Crippen molar-refractivity contribution in [1.82, 2.24) is 24.5 Å². The van der Waals surface area contributed by atoms with Crippen molar-refractivity contribution < 1.29 is 18.0 Å². The second-order valence-corrected chi connectivity index (χ2v) is 8.94. The smallest absolute Gasteiger partial charge is 0.335 e. The molecule has 1 amide bonds. The molecule has 1 aromatic carbocycles. The number of hydrogen-bond donors (Lipinski definition) is 0. The number of aryl methyl sites for hydroxylation is 1. The van der Waals surface area contributed by atoms with Gasteiger partial charge in [-0.05, 0) is 54.2 Å². The molecule has 6 nitrogen and oxygen atoms in total. The van der Waals surface area contributed by atoms with Gasteiger partial charge in [-0.3, -0.25) is 4.79 Å². The Morgan fingerprint density at radius 1 is 1.16 bits per heavy atom. The summed E-state index contributed by atoms with van der Waals surface area (Å²) in [5.74, 6) is 0.827. The van der Waals surface area contributed by atoms with Gasteiger partial charge < -0.3 is 4.90 Å². The molecule has 2 fully saturated rings. The Bertz CT molecular complexity index is 1150. The molecule has 1 aliphatic carbocycles. The van der Waals surface area contributed by atoms with E-state index < -0.39 is 11.7 Å². The Morgan fingerprint density at radius 3 is 2.56 bits per heavy atom. The zero-order valence-corrected chi connectivity index (χ0v) is 17.9. The van der Waals surface area contributed by atoms with Gasteiger partial charge in [0.2, 0.25) is 5.82 Å². The number of aromatic nitrogens is 4. The highest BCUT2D eigenvalue weighted by Crippen LogP contribution is 2.48. The number of amides is 1. The maximum Gasteiger partial charge on any atom is 0.416 e. The van der Waals surface area contributed by atoms with E-state index >= 15 is 0 Å². The van der Waals surface area contributed by atoms with Crippen LogP contribution < -0.4 is 0 Å². The van der Waals surface area contributed by atoms with E-state index in [0.29, 0.717) is 49.6 Å². The Hall–Kier alpha value is -2.68. The molecular formula is C22H21ClF3N5O. The van der Waals surface area contributed by atoms with E-state index in [9.17, 15) is 18.0 Å². The molecule has 2 aliphatic rings. The number of fused-ring (bicyclic) bond motifs is 2. The summed E-state index contributed by atoms with van der Waals surface area (Å²) in [5.41, 5.74) is 0.721. The SMILES string of the molecule is O=C(c1nc2ncc(CCCl)cn2n1)N1C[C@H]2C[C@@H](c3ccccc3C(F)(F)F)C[C@H]2C1. The average Bonchev–Trinajstić information content (AvgIpc) is 3.45. The minimum absolute atomic E-state index is 0.0828. The summed E-state index contributed by atoms with van der Waals surface area (Å²) >= 11 is 5.77. The molecule has 3 aromatic rings. The first-order valence-electron chi connectivity index (χ1n) is 10.6. The molecular weight excluding hydrogens is 443 g/mol. The Balaban J connectivity index is 1.29. The number of benzene rings is 1. The van der Waals surface area contributed by atoms with Crippen LogP contribution in [0.3, 0.4) is 0 Å². The summed E-state index contributed by atoms with van der Waals surface area (Å²) in [6.45, 7) is 1.02. The van der Waals surface area contributed by atoms with Crippen LogP contribution in [0.4, 0.5) is 13.2 Å². The number of halogens is 4. The average molecular weight is 464 g/mol. The molecule has 2 aromatic heterocycles. The number of carbonyl (C=O) groups is 1. The minimum Gasteiger partial charge on any atom is -0.335 e. The van der Waals surface area contributed by atoms with Crippen molar-refractivity contribution in [3.63, 3.8) is 0 Å². The predicted octanol–water partition coefficient (Wildman–Crippen LogP) is 4.19. The molecule has 0 bridgehead atoms. The molecule has 0 N–H and O–H groups in total. The van der Waals surface area contributed by atoms with Gasteiger partial charge in [-0.2, -0.15) is 18.2 Å². The van der Waals surface area contributed by atoms with Crippen LogP contribution >= 0.6 is 11.6 Å². The fourth-order valence-corrected chi connectivity index (χ4v) is 5.34. The van der Waals surface area contributed by atoms with Crippen LogP contribution in [-0.4, -0.2) is 49.4 Å². The fourth-order valence-electron chi connectivity index (χ4n) is 5.12. The molecule has 0 spiro atoms. The van der Waals surface area contributed by atoms with Crippen molar-refractivity contribution in [2.45, 2.75) is 31.4 Å². The summed E-state index contributed by atoms with van der Waals surface area (Å²) in [6, 6.07) is 5.83. The number of hydrogen-bond acceptors (Lipinski definition) is 4. The molecule has 3 atom stereocenters. The normalized spacial score (nSPS) is 23.1. The summed E-state index contributed by atoms with van der Waals surface area (Å²) in [6.07, 6.45) is 0.993. The second-order valence-electron chi connectivity index (χ2n) is 8.56. The van der Waals surface area contributed by atoms with E-state index in [1.807, 2.05) is 0 Å². The summed E-state index contributed by atoms with van der Waals surface area (Å²) in [4.78, 5) is 23.2. The maximum atomic E-state index is 13.4. The standard InChI is InChI=1S/C22H21ClF3N5O/c23-6-5-13-9-27-21-28-19(29-31(21)10-13)20(32)30-11-15-7-14(8-16(15)12-30)17-3-1-2-4-18(17)22(24,25)26/h1-4,9-10,14-16H,5-8,11-12H2/t14-,15-,16+. The van der Waals surface area contributed by atoms with Crippen LogP contribution in [0.5, 0.6) is 0 Å². The van der Waals surface area contributed by atoms with E-state index in [4.69, 9.17) is 11.6 Å². The first-order chi connectivity index (χ1) is 15.3. The van der Waals surface area contributed by atoms with E-state index in [1.54, 1.807) is 29.4 Å². The molecule has 1 saturated heterocycles. The molecule has 1 saturated carbocycles. The van der Waals surface area contributed by atoms with Crippen LogP contribution in [0, 0.1) is 11.8 Å². The third-order valence-electron chi connectivity index (χ3n) is 6.57. The van der Waals surface area contributed by atoms with Crippen LogP contribution in [-0.2, 0) is 12.6 Å². The van der Waals surface area contributed by atoms with Gasteiger partial charge in [-0.15, -0.1) is 16.7 Å². The molecule has 0 radical (unpaired) electrons. The van der Waals surface area contributed by atoms with Crippen molar-refractivity contribution in [3.05, 3.63) is 59.2 Å². The third kappa shape index (κ3) is 3.83. The van der Waals surface area contributed by atoms with Crippen molar-refractivity contribution in [2.75, 3.05) is 19.0 Å². The van der Waals surface area contributed by atoms with Gasteiger partial charge in [-0.1, -0.05) is 18.2 Å². The highest BCUT2D eigenvalue weighted by Gasteiger charge is 2.45. The van der Waals surface area contributed by atoms with Gasteiger partial charge in [0.05, 0.1) is 5.56 Å². The van der Waals surface area contributed by atoms with Crippen LogP contribution in [0.25, 0.3) is 5.78 Å². The Labute approximate surface area is 187 Å². The minimum atomic E-state index is -4.36. The molecule has 0 unspecified atom stereocenters. The van der Waals surface area contributed by atoms with Gasteiger partial charge in [-0.25, -0.2) is 9.50 Å². The highest BCUT2D eigenvalue weighted by atomic mass is 35.5. The number of carbonyl (C=O) groups excluding carboxylic acids is 1. The maximum absolute atomic E-state index is 13.4. The van der Waals surface area contributed by atoms with Crippen molar-refractivity contribution >= 4 is 23.3 Å². The van der Waals surface area contributed by atoms with Gasteiger partial charge >= 0.3 is 6.18 Å². The lowest BCUT2D eigenvalue weighted by atomic mass is 9.91. The molecule has 1 aliphatic heterocycles. The first-order valence-corrected chi connectivity index (χ1v) is 11.1. The first kappa shape index (κ1) is 21.2. The quantitative estimate of drug-likeness (QED) is 0.544. The highest BCUT2D eigenvalue weighted by molar-refractivity contribution is 6.17. The van der Waals surface area contributed by atoms with Crippen molar-refractivity contribution in [3.8, 4) is 0 Å². The largest absolute Gasteiger partial charge is 0.416 e. The second kappa shape index (κ2) is 8.03. The van der Waals surface area contributed by atoms with Crippen LogP contribution in [0.2, 0.25) is 0 Å². The van der Waals surface area contributed by atoms with Crippen LogP contribution in [0.1, 0.15) is 46.1 Å². The van der Waals surface area contributed by atoms with Gasteiger partial charge in [0, 0.05) is 31.4 Å². The predicted molar refractivity (Wildman–Crippen MR) is 112 cm³/mol. The number of likely N-dealkylation sites (tertiary alicyclic amines) is 1. The lowest BCUT2D eigenvalue weighted by molar-refractivity contribution is -0.138. The van der Waals surface area contributed by atoms with Crippen molar-refractivity contribution in [2.24, 2.45) is 11.8 Å². The molecule has 3 heterocycles. The molecule has 32 heavy (non-hydrogen) atoms. The van der Waals surface area contributed by atoms with Gasteiger partial charge in [0.25, 0.3) is 11.7 Å². The van der Waals surface area contributed by atoms with E-state index in [-0.39, 0.29) is 29.5 Å². The lowest BCUT2D eigenvalue weighted by Gasteiger charge is -2.21. The van der Waals surface area contributed by atoms with Gasteiger partial charge in [0.15, 0.2) is 0 Å². The summed E-state index contributed by atoms with van der Waals surface area (Å²) < 4.78 is 41.8. The zero-order chi connectivity index (χ0) is 22.5.